The maximum atomic E-state index is 2.50. The first-order valence-corrected chi connectivity index (χ1v) is 5.33. The van der Waals surface area contributed by atoms with Gasteiger partial charge in [-0.25, -0.2) is 0 Å². The molecule has 2 aliphatic carbocycles. The van der Waals surface area contributed by atoms with Crippen molar-refractivity contribution in [3.8, 4) is 0 Å². The van der Waals surface area contributed by atoms with Crippen molar-refractivity contribution in [3.63, 3.8) is 0 Å². The van der Waals surface area contributed by atoms with Gasteiger partial charge in [0.05, 0.1) is 0 Å². The minimum Gasteiger partial charge on any atom is -0.0836 e. The summed E-state index contributed by atoms with van der Waals surface area (Å²) < 4.78 is 0. The summed E-state index contributed by atoms with van der Waals surface area (Å²) in [6.07, 6.45) is 13.1. The highest BCUT2D eigenvalue weighted by molar-refractivity contribution is 5.30. The van der Waals surface area contributed by atoms with E-state index in [1.54, 1.807) is 11.1 Å². The number of fused-ring (bicyclic) bond motifs is 1. The summed E-state index contributed by atoms with van der Waals surface area (Å²) in [4.78, 5) is 0. The van der Waals surface area contributed by atoms with Crippen LogP contribution in [0.2, 0.25) is 0 Å². The second-order valence-corrected chi connectivity index (χ2v) is 4.41. The van der Waals surface area contributed by atoms with Gasteiger partial charge in [-0.1, -0.05) is 49.3 Å². The van der Waals surface area contributed by atoms with E-state index in [2.05, 4.69) is 38.2 Å². The fourth-order valence-electron chi connectivity index (χ4n) is 2.25. The molecule has 0 spiro atoms. The van der Waals surface area contributed by atoms with Crippen LogP contribution in [0.5, 0.6) is 0 Å². The average molecular weight is 174 g/mol. The van der Waals surface area contributed by atoms with Gasteiger partial charge in [-0.05, 0) is 25.2 Å². The Balaban J connectivity index is 2.19. The lowest BCUT2D eigenvalue weighted by atomic mass is 9.79. The Labute approximate surface area is 81.0 Å². The molecule has 0 heterocycles. The standard InChI is InChI=1S/C13H18/c1-10(2)12-8-7-11-5-3-4-6-13(11)9-12/h3-5,9-10,13H,6-8H2,1-2H3. The maximum Gasteiger partial charge on any atom is 0.00174 e. The normalized spacial score (nSPS) is 26.8. The molecule has 0 saturated carbocycles. The highest BCUT2D eigenvalue weighted by atomic mass is 14.2. The predicted molar refractivity (Wildman–Crippen MR) is 57.5 cm³/mol. The van der Waals surface area contributed by atoms with Crippen LogP contribution in [0.25, 0.3) is 0 Å². The highest BCUT2D eigenvalue weighted by Crippen LogP contribution is 2.35. The third-order valence-corrected chi connectivity index (χ3v) is 3.17. The van der Waals surface area contributed by atoms with Crippen molar-refractivity contribution in [1.29, 1.82) is 0 Å². The molecule has 2 aliphatic rings. The van der Waals surface area contributed by atoms with Gasteiger partial charge in [0, 0.05) is 5.92 Å². The lowest BCUT2D eigenvalue weighted by Gasteiger charge is -2.27. The zero-order valence-electron chi connectivity index (χ0n) is 8.59. The Hall–Kier alpha value is -0.780. The van der Waals surface area contributed by atoms with Gasteiger partial charge in [0.25, 0.3) is 0 Å². The van der Waals surface area contributed by atoms with Crippen LogP contribution in [0.15, 0.2) is 35.5 Å². The van der Waals surface area contributed by atoms with E-state index in [-0.39, 0.29) is 0 Å². The van der Waals surface area contributed by atoms with Crippen LogP contribution in [-0.2, 0) is 0 Å². The lowest BCUT2D eigenvalue weighted by Crippen LogP contribution is -2.11. The van der Waals surface area contributed by atoms with Crippen molar-refractivity contribution in [2.45, 2.75) is 33.1 Å². The Bertz CT molecular complexity index is 276. The molecule has 0 saturated heterocycles. The summed E-state index contributed by atoms with van der Waals surface area (Å²) in [5, 5.41) is 0. The van der Waals surface area contributed by atoms with E-state index >= 15 is 0 Å². The Morgan fingerprint density at radius 3 is 2.92 bits per heavy atom. The second-order valence-electron chi connectivity index (χ2n) is 4.41. The molecule has 0 N–H and O–H groups in total. The Morgan fingerprint density at radius 2 is 2.15 bits per heavy atom. The molecular formula is C13H18. The van der Waals surface area contributed by atoms with Crippen LogP contribution >= 0.6 is 0 Å². The minimum absolute atomic E-state index is 0.733. The van der Waals surface area contributed by atoms with Gasteiger partial charge >= 0.3 is 0 Å². The van der Waals surface area contributed by atoms with E-state index < -0.39 is 0 Å². The van der Waals surface area contributed by atoms with E-state index in [9.17, 15) is 0 Å². The summed E-state index contributed by atoms with van der Waals surface area (Å²) in [5.41, 5.74) is 3.31. The van der Waals surface area contributed by atoms with Gasteiger partial charge in [-0.2, -0.15) is 0 Å². The SMILES string of the molecule is CC(C)C1=CC2CC=CC=C2CC1. The molecule has 1 atom stereocenters. The molecule has 0 bridgehead atoms. The van der Waals surface area contributed by atoms with Crippen molar-refractivity contribution in [2.24, 2.45) is 11.8 Å². The van der Waals surface area contributed by atoms with E-state index in [4.69, 9.17) is 0 Å². The molecule has 0 heteroatoms. The summed E-state index contributed by atoms with van der Waals surface area (Å²) in [5.74, 6) is 1.48. The topological polar surface area (TPSA) is 0 Å². The molecule has 0 aromatic heterocycles. The molecule has 1 unspecified atom stereocenters. The van der Waals surface area contributed by atoms with Crippen LogP contribution in [0, 0.1) is 11.8 Å². The monoisotopic (exact) mass is 174 g/mol. The average Bonchev–Trinajstić information content (AvgIpc) is 2.17. The Kier molecular flexibility index (Phi) is 2.39. The smallest absolute Gasteiger partial charge is 0.00174 e. The Morgan fingerprint density at radius 1 is 1.31 bits per heavy atom. The molecule has 0 amide bonds. The van der Waals surface area contributed by atoms with Gasteiger partial charge in [0.2, 0.25) is 0 Å². The highest BCUT2D eigenvalue weighted by Gasteiger charge is 2.19. The molecule has 0 nitrogen and oxygen atoms in total. The minimum atomic E-state index is 0.733. The van der Waals surface area contributed by atoms with Gasteiger partial charge < -0.3 is 0 Å². The van der Waals surface area contributed by atoms with E-state index in [1.807, 2.05) is 0 Å². The van der Waals surface area contributed by atoms with Crippen molar-refractivity contribution in [1.82, 2.24) is 0 Å². The summed E-state index contributed by atoms with van der Waals surface area (Å²) >= 11 is 0. The predicted octanol–water partition coefficient (Wildman–Crippen LogP) is 3.87. The van der Waals surface area contributed by atoms with Crippen molar-refractivity contribution >= 4 is 0 Å². The first-order chi connectivity index (χ1) is 6.27. The van der Waals surface area contributed by atoms with Gasteiger partial charge in [-0.15, -0.1) is 0 Å². The number of hydrogen-bond donors (Lipinski definition) is 0. The fourth-order valence-corrected chi connectivity index (χ4v) is 2.25. The molecule has 0 radical (unpaired) electrons. The number of allylic oxidation sites excluding steroid dienone is 6. The second kappa shape index (κ2) is 3.53. The van der Waals surface area contributed by atoms with Crippen molar-refractivity contribution in [3.05, 3.63) is 35.5 Å². The van der Waals surface area contributed by atoms with E-state index in [0.717, 1.165) is 11.8 Å². The van der Waals surface area contributed by atoms with Crippen LogP contribution < -0.4 is 0 Å². The fraction of sp³-hybridized carbons (Fsp3) is 0.538. The van der Waals surface area contributed by atoms with Crippen LogP contribution in [-0.4, -0.2) is 0 Å². The zero-order chi connectivity index (χ0) is 9.26. The number of rotatable bonds is 1. The van der Waals surface area contributed by atoms with Crippen LogP contribution in [0.3, 0.4) is 0 Å². The largest absolute Gasteiger partial charge is 0.0836 e. The zero-order valence-corrected chi connectivity index (χ0v) is 8.59. The van der Waals surface area contributed by atoms with Crippen molar-refractivity contribution in [2.75, 3.05) is 0 Å². The summed E-state index contributed by atoms with van der Waals surface area (Å²) in [6.45, 7) is 4.61. The summed E-state index contributed by atoms with van der Waals surface area (Å²) in [6, 6.07) is 0. The molecule has 2 rings (SSSR count). The first-order valence-electron chi connectivity index (χ1n) is 5.33. The van der Waals surface area contributed by atoms with Crippen molar-refractivity contribution < 1.29 is 0 Å². The van der Waals surface area contributed by atoms with Gasteiger partial charge in [0.1, 0.15) is 0 Å². The van der Waals surface area contributed by atoms with E-state index in [0.29, 0.717) is 0 Å². The number of hydrogen-bond acceptors (Lipinski definition) is 0. The maximum absolute atomic E-state index is 2.50. The van der Waals surface area contributed by atoms with E-state index in [1.165, 1.54) is 19.3 Å². The van der Waals surface area contributed by atoms with Gasteiger partial charge in [0.15, 0.2) is 0 Å². The molecule has 0 aromatic rings. The molecule has 0 aromatic carbocycles. The quantitative estimate of drug-likeness (QED) is 0.529. The summed E-state index contributed by atoms with van der Waals surface area (Å²) in [7, 11) is 0. The third-order valence-electron chi connectivity index (χ3n) is 3.17. The first kappa shape index (κ1) is 8.80. The lowest BCUT2D eigenvalue weighted by molar-refractivity contribution is 0.608. The molecule has 0 fully saturated rings. The van der Waals surface area contributed by atoms with Crippen LogP contribution in [0.1, 0.15) is 33.1 Å². The van der Waals surface area contributed by atoms with Crippen LogP contribution in [0.4, 0.5) is 0 Å². The molecule has 13 heavy (non-hydrogen) atoms. The molecule has 70 valence electrons. The van der Waals surface area contributed by atoms with Gasteiger partial charge in [-0.3, -0.25) is 0 Å². The molecule has 0 aliphatic heterocycles. The third kappa shape index (κ3) is 1.77. The molecular weight excluding hydrogens is 156 g/mol.